The summed E-state index contributed by atoms with van der Waals surface area (Å²) in [7, 11) is 0. The first-order chi connectivity index (χ1) is 18.4. The summed E-state index contributed by atoms with van der Waals surface area (Å²) in [5, 5.41) is 5.49. The van der Waals surface area contributed by atoms with E-state index < -0.39 is 0 Å². The standard InChI is InChI=1S/C31H37BrN4O2/c1-4-38-34-29(23-9-11-25(32)12-10-23)24-13-17-36(18-14-24)31(3)15-19-35(20-16-31)30(37)28-22(2)21-33-27-8-6-5-7-26(27)28/h5-12,21,24H,4,13-20H2,1-3H3. The number of para-hydroxylation sites is 1. The fraction of sp³-hybridized carbons (Fsp3) is 0.452. The van der Waals surface area contributed by atoms with Gasteiger partial charge in [-0.1, -0.05) is 51.4 Å². The van der Waals surface area contributed by atoms with Crippen LogP contribution in [-0.2, 0) is 4.84 Å². The van der Waals surface area contributed by atoms with Crippen LogP contribution in [-0.4, -0.2) is 64.7 Å². The molecule has 2 saturated heterocycles. The molecule has 0 radical (unpaired) electrons. The highest BCUT2D eigenvalue weighted by molar-refractivity contribution is 9.10. The van der Waals surface area contributed by atoms with Crippen molar-refractivity contribution >= 4 is 38.5 Å². The Morgan fingerprint density at radius 1 is 1.08 bits per heavy atom. The molecule has 0 spiro atoms. The summed E-state index contributed by atoms with van der Waals surface area (Å²) in [6.07, 6.45) is 5.91. The minimum absolute atomic E-state index is 0.103. The van der Waals surface area contributed by atoms with Gasteiger partial charge in [-0.05, 0) is 88.9 Å². The van der Waals surface area contributed by atoms with Gasteiger partial charge in [-0.2, -0.15) is 0 Å². The monoisotopic (exact) mass is 576 g/mol. The molecule has 0 aliphatic carbocycles. The molecule has 2 aliphatic heterocycles. The van der Waals surface area contributed by atoms with E-state index in [1.165, 1.54) is 0 Å². The van der Waals surface area contributed by atoms with E-state index in [4.69, 9.17) is 4.84 Å². The van der Waals surface area contributed by atoms with E-state index >= 15 is 0 Å². The predicted octanol–water partition coefficient (Wildman–Crippen LogP) is 6.45. The van der Waals surface area contributed by atoms with Crippen molar-refractivity contribution in [1.82, 2.24) is 14.8 Å². The lowest BCUT2D eigenvalue weighted by molar-refractivity contribution is 0.0162. The van der Waals surface area contributed by atoms with Gasteiger partial charge in [0.05, 0.1) is 16.8 Å². The van der Waals surface area contributed by atoms with E-state index in [0.29, 0.717) is 12.5 Å². The number of fused-ring (bicyclic) bond motifs is 1. The number of pyridine rings is 1. The molecule has 200 valence electrons. The number of piperidine rings is 2. The normalized spacial score (nSPS) is 19.1. The van der Waals surface area contributed by atoms with Crippen LogP contribution in [0.25, 0.3) is 10.9 Å². The highest BCUT2D eigenvalue weighted by Gasteiger charge is 2.39. The predicted molar refractivity (Wildman–Crippen MR) is 157 cm³/mol. The zero-order valence-electron chi connectivity index (χ0n) is 22.6. The van der Waals surface area contributed by atoms with Crippen molar-refractivity contribution in [3.8, 4) is 0 Å². The van der Waals surface area contributed by atoms with Crippen molar-refractivity contribution in [2.45, 2.75) is 52.0 Å². The first kappa shape index (κ1) is 26.8. The Bertz CT molecular complexity index is 1310. The molecule has 0 atom stereocenters. The van der Waals surface area contributed by atoms with Crippen molar-refractivity contribution in [3.63, 3.8) is 0 Å². The number of likely N-dealkylation sites (tertiary alicyclic amines) is 2. The summed E-state index contributed by atoms with van der Waals surface area (Å²) in [6, 6.07) is 16.3. The Labute approximate surface area is 234 Å². The number of aromatic nitrogens is 1. The lowest BCUT2D eigenvalue weighted by Gasteiger charge is -2.49. The molecule has 0 N–H and O–H groups in total. The smallest absolute Gasteiger partial charge is 0.254 e. The SMILES string of the molecule is CCON=C(c1ccc(Br)cc1)C1CCN(C2(C)CCN(C(=O)c3c(C)cnc4ccccc34)CC2)CC1. The Kier molecular flexibility index (Phi) is 8.15. The van der Waals surface area contributed by atoms with Crippen LogP contribution in [0, 0.1) is 12.8 Å². The third-order valence-electron chi connectivity index (χ3n) is 8.38. The van der Waals surface area contributed by atoms with Gasteiger partial charge in [0, 0.05) is 40.6 Å². The second-order valence-corrected chi connectivity index (χ2v) is 11.7. The van der Waals surface area contributed by atoms with Crippen LogP contribution in [0.5, 0.6) is 0 Å². The number of hydrogen-bond donors (Lipinski definition) is 0. The van der Waals surface area contributed by atoms with Crippen molar-refractivity contribution in [2.24, 2.45) is 11.1 Å². The molecule has 1 aromatic heterocycles. The van der Waals surface area contributed by atoms with Crippen LogP contribution in [0.2, 0.25) is 0 Å². The van der Waals surface area contributed by atoms with Gasteiger partial charge < -0.3 is 9.74 Å². The van der Waals surface area contributed by atoms with Crippen LogP contribution >= 0.6 is 15.9 Å². The average molecular weight is 578 g/mol. The van der Waals surface area contributed by atoms with Crippen LogP contribution in [0.1, 0.15) is 61.0 Å². The molecular formula is C31H37BrN4O2. The molecule has 38 heavy (non-hydrogen) atoms. The molecule has 0 unspecified atom stereocenters. The molecule has 1 amide bonds. The van der Waals surface area contributed by atoms with Crippen molar-refractivity contribution in [1.29, 1.82) is 0 Å². The second-order valence-electron chi connectivity index (χ2n) is 10.8. The quantitative estimate of drug-likeness (QED) is 0.250. The maximum Gasteiger partial charge on any atom is 0.254 e. The largest absolute Gasteiger partial charge is 0.396 e. The number of halogens is 1. The second kappa shape index (κ2) is 11.5. The first-order valence-corrected chi connectivity index (χ1v) is 14.5. The van der Waals surface area contributed by atoms with Gasteiger partial charge in [0.2, 0.25) is 0 Å². The molecule has 2 aromatic carbocycles. The maximum atomic E-state index is 13.6. The number of carbonyl (C=O) groups excluding carboxylic acids is 1. The number of hydrogen-bond acceptors (Lipinski definition) is 5. The van der Waals surface area contributed by atoms with Crippen molar-refractivity contribution in [3.05, 3.63) is 75.9 Å². The summed E-state index contributed by atoms with van der Waals surface area (Å²) in [6.45, 7) is 10.5. The summed E-state index contributed by atoms with van der Waals surface area (Å²) < 4.78 is 1.07. The van der Waals surface area contributed by atoms with E-state index in [0.717, 1.165) is 89.6 Å². The van der Waals surface area contributed by atoms with E-state index in [2.05, 4.69) is 62.2 Å². The van der Waals surface area contributed by atoms with Gasteiger partial charge in [-0.25, -0.2) is 0 Å². The highest BCUT2D eigenvalue weighted by atomic mass is 79.9. The zero-order chi connectivity index (χ0) is 26.7. The van der Waals surface area contributed by atoms with Crippen molar-refractivity contribution < 1.29 is 9.63 Å². The number of amides is 1. The summed E-state index contributed by atoms with van der Waals surface area (Å²) in [4.78, 5) is 28.4. The van der Waals surface area contributed by atoms with Crippen LogP contribution < -0.4 is 0 Å². The van der Waals surface area contributed by atoms with Gasteiger partial charge in [0.1, 0.15) is 6.61 Å². The summed E-state index contributed by atoms with van der Waals surface area (Å²) in [5.41, 5.74) is 4.92. The molecule has 6 nitrogen and oxygen atoms in total. The van der Waals surface area contributed by atoms with Gasteiger partial charge in [-0.15, -0.1) is 0 Å². The third-order valence-corrected chi connectivity index (χ3v) is 8.91. The van der Waals surface area contributed by atoms with Gasteiger partial charge in [-0.3, -0.25) is 14.7 Å². The molecule has 3 aromatic rings. The van der Waals surface area contributed by atoms with E-state index in [-0.39, 0.29) is 11.4 Å². The molecule has 3 heterocycles. The first-order valence-electron chi connectivity index (χ1n) is 13.7. The molecule has 0 saturated carbocycles. The number of carbonyl (C=O) groups is 1. The minimum atomic E-state index is 0.103. The molecule has 7 heteroatoms. The maximum absolute atomic E-state index is 13.6. The van der Waals surface area contributed by atoms with Crippen LogP contribution in [0.4, 0.5) is 0 Å². The zero-order valence-corrected chi connectivity index (χ0v) is 24.2. The lowest BCUT2D eigenvalue weighted by Crippen LogP contribution is -2.56. The Hall–Kier alpha value is -2.77. The fourth-order valence-electron chi connectivity index (χ4n) is 6.00. The third kappa shape index (κ3) is 5.50. The van der Waals surface area contributed by atoms with Crippen LogP contribution in [0.15, 0.2) is 64.4 Å². The molecule has 5 rings (SSSR count). The molecule has 2 fully saturated rings. The van der Waals surface area contributed by atoms with Gasteiger partial charge in [0.15, 0.2) is 0 Å². The number of nitrogens with zero attached hydrogens (tertiary/aromatic N) is 4. The fourth-order valence-corrected chi connectivity index (χ4v) is 6.27. The minimum Gasteiger partial charge on any atom is -0.396 e. The van der Waals surface area contributed by atoms with Crippen LogP contribution in [0.3, 0.4) is 0 Å². The van der Waals surface area contributed by atoms with Crippen molar-refractivity contribution in [2.75, 3.05) is 32.8 Å². The number of rotatable bonds is 6. The van der Waals surface area contributed by atoms with E-state index in [9.17, 15) is 4.79 Å². The summed E-state index contributed by atoms with van der Waals surface area (Å²) >= 11 is 3.54. The van der Waals surface area contributed by atoms with E-state index in [1.807, 2.05) is 49.2 Å². The Balaban J connectivity index is 1.23. The van der Waals surface area contributed by atoms with Gasteiger partial charge >= 0.3 is 0 Å². The average Bonchev–Trinajstić information content (AvgIpc) is 2.94. The highest BCUT2D eigenvalue weighted by Crippen LogP contribution is 2.35. The van der Waals surface area contributed by atoms with Gasteiger partial charge in [0.25, 0.3) is 5.91 Å². The topological polar surface area (TPSA) is 58.0 Å². The molecule has 0 bridgehead atoms. The van der Waals surface area contributed by atoms with E-state index in [1.54, 1.807) is 0 Å². The summed E-state index contributed by atoms with van der Waals surface area (Å²) in [5.74, 6) is 0.514. The number of aryl methyl sites for hydroxylation is 1. The Morgan fingerprint density at radius 3 is 2.45 bits per heavy atom. The Morgan fingerprint density at radius 2 is 1.76 bits per heavy atom. The molecule has 2 aliphatic rings. The lowest BCUT2D eigenvalue weighted by atomic mass is 9.82. The number of oxime groups is 1. The number of benzene rings is 2. The molecular weight excluding hydrogens is 540 g/mol.